The number of hydrogen-bond acceptors (Lipinski definition) is 11. The van der Waals surface area contributed by atoms with E-state index in [2.05, 4.69) is 0 Å². The molecule has 0 saturated heterocycles. The van der Waals surface area contributed by atoms with Crippen LogP contribution in [0, 0.1) is 0 Å². The Hall–Kier alpha value is -4.02. The quantitative estimate of drug-likeness (QED) is 0.102. The number of allylic oxidation sites excluding steroid dienone is 4. The van der Waals surface area contributed by atoms with E-state index in [4.69, 9.17) is 4.74 Å². The number of rotatable bonds is 14. The van der Waals surface area contributed by atoms with Gasteiger partial charge in [-0.1, -0.05) is 19.9 Å². The molecule has 20 heteroatoms. The van der Waals surface area contributed by atoms with Gasteiger partial charge >= 0.3 is 0 Å². The van der Waals surface area contributed by atoms with Crippen LogP contribution in [-0.2, 0) is 56.1 Å². The van der Waals surface area contributed by atoms with Crippen molar-refractivity contribution in [1.82, 2.24) is 0 Å². The molecule has 5 rings (SSSR count). The summed E-state index contributed by atoms with van der Waals surface area (Å²) in [5, 5.41) is 0.0402. The van der Waals surface area contributed by atoms with Gasteiger partial charge in [0, 0.05) is 52.9 Å². The first-order chi connectivity index (χ1) is 24.8. The number of ether oxygens (including phenoxy) is 1. The van der Waals surface area contributed by atoms with Gasteiger partial charge in [0.25, 0.3) is 46.9 Å². The zero-order valence-electron chi connectivity index (χ0n) is 29.5. The summed E-state index contributed by atoms with van der Waals surface area (Å²) in [7, 11) is -18.6. The lowest BCUT2D eigenvalue weighted by atomic mass is 9.79. The second kappa shape index (κ2) is 14.2. The summed E-state index contributed by atoms with van der Waals surface area (Å²) < 4.78 is 141. The molecule has 0 fully saturated rings. The van der Waals surface area contributed by atoms with Crippen LogP contribution in [0.1, 0.15) is 51.7 Å². The largest absolute Gasteiger partial charge is 0.429 e. The van der Waals surface area contributed by atoms with Crippen LogP contribution in [0.5, 0.6) is 5.75 Å². The van der Waals surface area contributed by atoms with Crippen LogP contribution in [0.4, 0.5) is 11.4 Å². The molecule has 3 aromatic carbocycles. The number of anilines is 1. The van der Waals surface area contributed by atoms with Crippen LogP contribution in [0.15, 0.2) is 76.2 Å². The molecule has 3 aromatic rings. The van der Waals surface area contributed by atoms with Gasteiger partial charge in [0.05, 0.1) is 21.8 Å². The van der Waals surface area contributed by atoms with Crippen molar-refractivity contribution in [2.75, 3.05) is 29.5 Å². The molecule has 4 N–H and O–H groups in total. The zero-order chi connectivity index (χ0) is 40.2. The van der Waals surface area contributed by atoms with Gasteiger partial charge in [-0.15, -0.1) is 0 Å². The third-order valence-corrected chi connectivity index (χ3v) is 12.9. The molecule has 2 aliphatic rings. The lowest BCUT2D eigenvalue weighted by Crippen LogP contribution is -2.29. The van der Waals surface area contributed by atoms with E-state index in [1.807, 2.05) is 18.7 Å². The van der Waals surface area contributed by atoms with Gasteiger partial charge in [0.15, 0.2) is 5.71 Å². The number of fused-ring (bicyclic) bond motifs is 4. The molecule has 2 heterocycles. The normalized spacial score (nSPS) is 17.8. The fourth-order valence-corrected chi connectivity index (χ4v) is 9.63. The summed E-state index contributed by atoms with van der Waals surface area (Å²) in [4.78, 5) is 11.4. The van der Waals surface area contributed by atoms with E-state index < -0.39 is 72.6 Å². The summed E-state index contributed by atoms with van der Waals surface area (Å²) in [6.45, 7) is 7.85. The Morgan fingerprint density at radius 3 is 2.02 bits per heavy atom. The molecule has 2 aliphatic heterocycles. The topological polar surface area (TPSA) is 250 Å². The van der Waals surface area contributed by atoms with E-state index in [1.165, 1.54) is 6.07 Å². The Balaban J connectivity index is 1.69. The molecular weight excluding hydrogens is 789 g/mol. The smallest absolute Gasteiger partial charge is 0.298 e. The lowest BCUT2D eigenvalue weighted by Gasteiger charge is -2.27. The van der Waals surface area contributed by atoms with Crippen molar-refractivity contribution in [2.24, 2.45) is 0 Å². The molecule has 292 valence electrons. The first-order valence-corrected chi connectivity index (χ1v) is 22.4. The standard InChI is InChI=1S/C34H38N2O14S4/c1-33(2)26-18-22(50-21-37)10-12-27(26)35(14-6-16-51(38,39)40)30(33)8-5-9-31-34(3,4)32-25-19-23(53(44,45)46)20-29(54(47,48)49)24(25)11-13-28(32)36(31)15-7-17-52(41,42)43/h5,8-13,18-21H,6-7,14-17H2,1-4H3,(H3-,38,39,40,41,42,43,44,45,46,47,48,49)/p+1. The van der Waals surface area contributed by atoms with E-state index >= 15 is 0 Å². The van der Waals surface area contributed by atoms with Crippen molar-refractivity contribution < 1.29 is 66.0 Å². The lowest BCUT2D eigenvalue weighted by molar-refractivity contribution is -0.437. The molecule has 0 radical (unpaired) electrons. The van der Waals surface area contributed by atoms with Crippen molar-refractivity contribution >= 4 is 74.8 Å². The number of carbonyl (C=O) groups excluding carboxylic acids is 1. The average molecular weight is 828 g/mol. The maximum atomic E-state index is 12.4. The summed E-state index contributed by atoms with van der Waals surface area (Å²) in [5.74, 6) is -0.798. The third kappa shape index (κ3) is 8.30. The van der Waals surface area contributed by atoms with Gasteiger partial charge < -0.3 is 9.64 Å². The molecule has 0 saturated carbocycles. The molecule has 0 amide bonds. The molecule has 0 atom stereocenters. The van der Waals surface area contributed by atoms with Crippen LogP contribution in [0.3, 0.4) is 0 Å². The minimum atomic E-state index is -5.00. The van der Waals surface area contributed by atoms with E-state index in [-0.39, 0.29) is 42.5 Å². The van der Waals surface area contributed by atoms with Crippen LogP contribution in [0.25, 0.3) is 10.8 Å². The fourth-order valence-electron chi connectivity index (χ4n) is 7.31. The summed E-state index contributed by atoms with van der Waals surface area (Å²) >= 11 is 0. The average Bonchev–Trinajstić information content (AvgIpc) is 3.37. The highest BCUT2D eigenvalue weighted by molar-refractivity contribution is 7.87. The van der Waals surface area contributed by atoms with E-state index in [0.29, 0.717) is 40.9 Å². The number of carbonyl (C=O) groups is 1. The van der Waals surface area contributed by atoms with Gasteiger partial charge in [0.1, 0.15) is 17.2 Å². The Labute approximate surface area is 313 Å². The molecule has 54 heavy (non-hydrogen) atoms. The Morgan fingerprint density at radius 1 is 0.778 bits per heavy atom. The van der Waals surface area contributed by atoms with Crippen molar-refractivity contribution in [2.45, 2.75) is 61.2 Å². The summed E-state index contributed by atoms with van der Waals surface area (Å²) in [5.41, 5.74) is 1.73. The van der Waals surface area contributed by atoms with E-state index in [9.17, 15) is 56.7 Å². The zero-order valence-corrected chi connectivity index (χ0v) is 32.8. The van der Waals surface area contributed by atoms with Crippen LogP contribution < -0.4 is 9.64 Å². The maximum absolute atomic E-state index is 12.4. The van der Waals surface area contributed by atoms with Crippen molar-refractivity contribution in [3.8, 4) is 5.75 Å². The minimum Gasteiger partial charge on any atom is -0.429 e. The minimum absolute atomic E-state index is 0.0271. The van der Waals surface area contributed by atoms with Crippen molar-refractivity contribution in [3.63, 3.8) is 0 Å². The Morgan fingerprint density at radius 2 is 1.43 bits per heavy atom. The van der Waals surface area contributed by atoms with Crippen LogP contribution in [0.2, 0.25) is 0 Å². The Kier molecular flexibility index (Phi) is 10.9. The third-order valence-electron chi connectivity index (χ3n) is 9.60. The molecule has 0 aromatic heterocycles. The first-order valence-electron chi connectivity index (χ1n) is 16.3. The van der Waals surface area contributed by atoms with Crippen LogP contribution in [-0.4, -0.2) is 93.2 Å². The second-order valence-electron chi connectivity index (χ2n) is 13.9. The summed E-state index contributed by atoms with van der Waals surface area (Å²) in [6, 6.07) is 9.65. The number of nitrogens with zero attached hydrogens (tertiary/aromatic N) is 2. The molecule has 0 bridgehead atoms. The van der Waals surface area contributed by atoms with E-state index in [0.717, 1.165) is 11.6 Å². The highest BCUT2D eigenvalue weighted by Gasteiger charge is 2.46. The number of benzene rings is 3. The van der Waals surface area contributed by atoms with E-state index in [1.54, 1.807) is 60.9 Å². The predicted molar refractivity (Wildman–Crippen MR) is 199 cm³/mol. The molecule has 16 nitrogen and oxygen atoms in total. The Bertz CT molecular complexity index is 2610. The monoisotopic (exact) mass is 827 g/mol. The fraction of sp³-hybridized carbons (Fsp3) is 0.353. The highest BCUT2D eigenvalue weighted by Crippen LogP contribution is 2.50. The van der Waals surface area contributed by atoms with Crippen LogP contribution >= 0.6 is 0 Å². The molecule has 0 unspecified atom stereocenters. The van der Waals surface area contributed by atoms with Crippen molar-refractivity contribution in [3.05, 3.63) is 77.5 Å². The van der Waals surface area contributed by atoms with Gasteiger partial charge in [-0.25, -0.2) is 0 Å². The second-order valence-corrected chi connectivity index (χ2v) is 19.9. The molecule has 0 spiro atoms. The predicted octanol–water partition coefficient (Wildman–Crippen LogP) is 4.04. The number of hydrogen-bond donors (Lipinski definition) is 4. The van der Waals surface area contributed by atoms with Gasteiger partial charge in [-0.05, 0) is 73.7 Å². The molecule has 0 aliphatic carbocycles. The van der Waals surface area contributed by atoms with Gasteiger partial charge in [0.2, 0.25) is 5.69 Å². The van der Waals surface area contributed by atoms with Gasteiger partial charge in [-0.3, -0.25) is 23.0 Å². The van der Waals surface area contributed by atoms with Gasteiger partial charge in [-0.2, -0.15) is 38.2 Å². The maximum Gasteiger partial charge on any atom is 0.298 e. The highest BCUT2D eigenvalue weighted by atomic mass is 32.2. The first kappa shape index (κ1) is 41.1. The summed E-state index contributed by atoms with van der Waals surface area (Å²) in [6.07, 6.45) is 5.21. The molecular formula is C34H39N2O14S4+. The SMILES string of the molecule is CC1(C)C(/C=C/C=C2/N(CCCS(=O)(=O)O)c3ccc(OC=O)cc3C2(C)C)=[N+](CCCS(=O)(=O)O)c2ccc3c(S(=O)(=O)O)cc(S(=O)(=O)O)cc3c21. The van der Waals surface area contributed by atoms with Crippen molar-refractivity contribution in [1.29, 1.82) is 0 Å².